The summed E-state index contributed by atoms with van der Waals surface area (Å²) in [5.41, 5.74) is 1.98. The zero-order valence-electron chi connectivity index (χ0n) is 12.0. The summed E-state index contributed by atoms with van der Waals surface area (Å²) >= 11 is 0. The van der Waals surface area contributed by atoms with Crippen LogP contribution in [0.4, 0.5) is 0 Å². The Balaban J connectivity index is 1.68. The number of aromatic nitrogens is 1. The van der Waals surface area contributed by atoms with Gasteiger partial charge in [-0.3, -0.25) is 0 Å². The van der Waals surface area contributed by atoms with Gasteiger partial charge < -0.3 is 19.7 Å². The summed E-state index contributed by atoms with van der Waals surface area (Å²) in [6, 6.07) is 0.115. The van der Waals surface area contributed by atoms with Crippen LogP contribution in [0.25, 0.3) is 0 Å². The zero-order chi connectivity index (χ0) is 13.8. The molecule has 0 saturated heterocycles. The molecule has 1 aliphatic carbocycles. The number of aliphatic hydroxyl groups is 1. The van der Waals surface area contributed by atoms with E-state index in [-0.39, 0.29) is 6.04 Å². The second kappa shape index (κ2) is 6.50. The van der Waals surface area contributed by atoms with Crippen LogP contribution in [0.15, 0.2) is 4.52 Å². The predicted molar refractivity (Wildman–Crippen MR) is 71.9 cm³/mol. The fourth-order valence-corrected chi connectivity index (χ4v) is 2.24. The Kier molecular flexibility index (Phi) is 4.96. The van der Waals surface area contributed by atoms with Gasteiger partial charge in [0.25, 0.3) is 0 Å². The number of hydrogen-bond donors (Lipinski definition) is 2. The molecule has 0 spiro atoms. The van der Waals surface area contributed by atoms with Gasteiger partial charge in [-0.25, -0.2) is 0 Å². The van der Waals surface area contributed by atoms with Crippen LogP contribution in [0, 0.1) is 19.8 Å². The van der Waals surface area contributed by atoms with E-state index < -0.39 is 6.10 Å². The minimum atomic E-state index is -0.471. The molecule has 0 aliphatic heterocycles. The standard InChI is InChI=1S/C14H24N2O3/c1-9(14-10(2)16-19-11(14)3)15-6-13(17)8-18-7-12-4-5-12/h9,12-13,15,17H,4-8H2,1-3H3. The molecule has 5 heteroatoms. The van der Waals surface area contributed by atoms with Crippen LogP contribution < -0.4 is 5.32 Å². The third kappa shape index (κ3) is 4.30. The number of rotatable bonds is 8. The average Bonchev–Trinajstić information content (AvgIpc) is 3.12. The Labute approximate surface area is 114 Å². The Morgan fingerprint density at radius 2 is 2.21 bits per heavy atom. The molecule has 108 valence electrons. The fourth-order valence-electron chi connectivity index (χ4n) is 2.24. The normalized spacial score (nSPS) is 18.5. The number of nitrogens with zero attached hydrogens (tertiary/aromatic N) is 1. The first-order chi connectivity index (χ1) is 9.08. The van der Waals surface area contributed by atoms with Crippen molar-refractivity contribution >= 4 is 0 Å². The molecular formula is C14H24N2O3. The summed E-state index contributed by atoms with van der Waals surface area (Å²) in [6.07, 6.45) is 2.08. The SMILES string of the molecule is Cc1noc(C)c1C(C)NCC(O)COCC1CC1. The maximum absolute atomic E-state index is 9.84. The van der Waals surface area contributed by atoms with E-state index in [1.54, 1.807) is 0 Å². The van der Waals surface area contributed by atoms with E-state index in [9.17, 15) is 5.11 Å². The van der Waals surface area contributed by atoms with Crippen molar-refractivity contribution in [1.29, 1.82) is 0 Å². The molecule has 0 aromatic carbocycles. The second-order valence-corrected chi connectivity index (χ2v) is 5.50. The van der Waals surface area contributed by atoms with E-state index >= 15 is 0 Å². The van der Waals surface area contributed by atoms with Crippen LogP contribution in [-0.4, -0.2) is 36.1 Å². The summed E-state index contributed by atoms with van der Waals surface area (Å²) in [7, 11) is 0. The Bertz CT molecular complexity index is 382. The molecule has 1 heterocycles. The highest BCUT2D eigenvalue weighted by atomic mass is 16.5. The third-order valence-corrected chi connectivity index (χ3v) is 3.54. The lowest BCUT2D eigenvalue weighted by molar-refractivity contribution is 0.0314. The topological polar surface area (TPSA) is 67.5 Å². The van der Waals surface area contributed by atoms with Crippen molar-refractivity contribution in [3.05, 3.63) is 17.0 Å². The molecule has 1 aliphatic rings. The number of aryl methyl sites for hydroxylation is 2. The average molecular weight is 268 g/mol. The van der Waals surface area contributed by atoms with Gasteiger partial charge in [0.2, 0.25) is 0 Å². The van der Waals surface area contributed by atoms with E-state index in [4.69, 9.17) is 9.26 Å². The lowest BCUT2D eigenvalue weighted by atomic mass is 10.1. The Hall–Kier alpha value is -0.910. The lowest BCUT2D eigenvalue weighted by Gasteiger charge is -2.17. The monoisotopic (exact) mass is 268 g/mol. The maximum atomic E-state index is 9.84. The van der Waals surface area contributed by atoms with E-state index in [1.807, 2.05) is 20.8 Å². The molecule has 1 aromatic heterocycles. The van der Waals surface area contributed by atoms with Crippen LogP contribution in [-0.2, 0) is 4.74 Å². The van der Waals surface area contributed by atoms with Crippen molar-refractivity contribution < 1.29 is 14.4 Å². The van der Waals surface area contributed by atoms with Gasteiger partial charge in [0.05, 0.1) is 18.4 Å². The van der Waals surface area contributed by atoms with Gasteiger partial charge >= 0.3 is 0 Å². The van der Waals surface area contributed by atoms with Crippen molar-refractivity contribution in [2.45, 2.75) is 45.8 Å². The molecule has 0 radical (unpaired) electrons. The van der Waals surface area contributed by atoms with Crippen molar-refractivity contribution in [3.63, 3.8) is 0 Å². The van der Waals surface area contributed by atoms with Crippen LogP contribution in [0.2, 0.25) is 0 Å². The van der Waals surface area contributed by atoms with Crippen molar-refractivity contribution in [2.75, 3.05) is 19.8 Å². The lowest BCUT2D eigenvalue weighted by Crippen LogP contribution is -2.32. The Morgan fingerprint density at radius 1 is 1.47 bits per heavy atom. The quantitative estimate of drug-likeness (QED) is 0.751. The Morgan fingerprint density at radius 3 is 2.79 bits per heavy atom. The highest BCUT2D eigenvalue weighted by molar-refractivity contribution is 5.24. The van der Waals surface area contributed by atoms with E-state index in [2.05, 4.69) is 10.5 Å². The van der Waals surface area contributed by atoms with Crippen LogP contribution in [0.5, 0.6) is 0 Å². The first-order valence-corrected chi connectivity index (χ1v) is 7.00. The molecule has 2 atom stereocenters. The van der Waals surface area contributed by atoms with Gasteiger partial charge in [-0.2, -0.15) is 0 Å². The van der Waals surface area contributed by atoms with Gasteiger partial charge in [-0.05, 0) is 39.5 Å². The molecule has 1 saturated carbocycles. The number of aliphatic hydroxyl groups excluding tert-OH is 1. The second-order valence-electron chi connectivity index (χ2n) is 5.50. The molecule has 5 nitrogen and oxygen atoms in total. The van der Waals surface area contributed by atoms with Crippen molar-refractivity contribution in [3.8, 4) is 0 Å². The van der Waals surface area contributed by atoms with Crippen molar-refractivity contribution in [2.24, 2.45) is 5.92 Å². The number of ether oxygens (including phenoxy) is 1. The molecule has 0 amide bonds. The molecule has 19 heavy (non-hydrogen) atoms. The molecule has 0 bridgehead atoms. The highest BCUT2D eigenvalue weighted by Crippen LogP contribution is 2.28. The first kappa shape index (κ1) is 14.5. The van der Waals surface area contributed by atoms with Gasteiger partial charge in [0, 0.05) is 24.8 Å². The maximum Gasteiger partial charge on any atom is 0.138 e. The van der Waals surface area contributed by atoms with E-state index in [0.717, 1.165) is 29.5 Å². The minimum Gasteiger partial charge on any atom is -0.389 e. The smallest absolute Gasteiger partial charge is 0.138 e. The highest BCUT2D eigenvalue weighted by Gasteiger charge is 2.22. The van der Waals surface area contributed by atoms with Crippen molar-refractivity contribution in [1.82, 2.24) is 10.5 Å². The van der Waals surface area contributed by atoms with Gasteiger partial charge in [0.1, 0.15) is 5.76 Å². The molecule has 2 unspecified atom stereocenters. The molecule has 1 fully saturated rings. The van der Waals surface area contributed by atoms with E-state index in [1.165, 1.54) is 12.8 Å². The van der Waals surface area contributed by atoms with Gasteiger partial charge in [-0.1, -0.05) is 5.16 Å². The molecular weight excluding hydrogens is 244 g/mol. The predicted octanol–water partition coefficient (Wildman–Crippen LogP) is 1.73. The van der Waals surface area contributed by atoms with Crippen LogP contribution >= 0.6 is 0 Å². The van der Waals surface area contributed by atoms with E-state index in [0.29, 0.717) is 13.2 Å². The largest absolute Gasteiger partial charge is 0.389 e. The summed E-state index contributed by atoms with van der Waals surface area (Å²) in [6.45, 7) is 7.58. The zero-order valence-corrected chi connectivity index (χ0v) is 12.0. The molecule has 2 N–H and O–H groups in total. The van der Waals surface area contributed by atoms with Gasteiger partial charge in [0.15, 0.2) is 0 Å². The molecule has 2 rings (SSSR count). The number of nitrogens with one attached hydrogen (secondary N) is 1. The fraction of sp³-hybridized carbons (Fsp3) is 0.786. The van der Waals surface area contributed by atoms with Gasteiger partial charge in [-0.15, -0.1) is 0 Å². The summed E-state index contributed by atoms with van der Waals surface area (Å²) in [4.78, 5) is 0. The summed E-state index contributed by atoms with van der Waals surface area (Å²) < 4.78 is 10.6. The molecule has 1 aromatic rings. The third-order valence-electron chi connectivity index (χ3n) is 3.54. The summed E-state index contributed by atoms with van der Waals surface area (Å²) in [5, 5.41) is 17.1. The number of hydrogen-bond acceptors (Lipinski definition) is 5. The van der Waals surface area contributed by atoms with Crippen LogP contribution in [0.1, 0.15) is 42.8 Å². The first-order valence-electron chi connectivity index (χ1n) is 7.00. The summed E-state index contributed by atoms with van der Waals surface area (Å²) in [5.74, 6) is 1.57. The van der Waals surface area contributed by atoms with Crippen LogP contribution in [0.3, 0.4) is 0 Å². The minimum absolute atomic E-state index is 0.115.